The highest BCUT2D eigenvalue weighted by molar-refractivity contribution is 9.08. The van der Waals surface area contributed by atoms with Gasteiger partial charge in [-0.2, -0.15) is 0 Å². The second kappa shape index (κ2) is 4.97. The first-order valence-corrected chi connectivity index (χ1v) is 6.57. The largest absolute Gasteiger partial charge is 0.492 e. The summed E-state index contributed by atoms with van der Waals surface area (Å²) in [5.41, 5.74) is 2.05. The minimum Gasteiger partial charge on any atom is -0.492 e. The molecule has 0 N–H and O–H groups in total. The van der Waals surface area contributed by atoms with E-state index in [1.165, 1.54) is 19.3 Å². The van der Waals surface area contributed by atoms with Crippen LogP contribution in [0.4, 0.5) is 0 Å². The Balaban J connectivity index is 1.92. The van der Waals surface area contributed by atoms with Gasteiger partial charge in [-0.3, -0.25) is 4.98 Å². The topological polar surface area (TPSA) is 22.1 Å². The van der Waals surface area contributed by atoms with Gasteiger partial charge in [-0.15, -0.1) is 0 Å². The molecule has 2 nitrogen and oxygen atoms in total. The lowest BCUT2D eigenvalue weighted by molar-refractivity contribution is 0.299. The predicted octanol–water partition coefficient (Wildman–Crippen LogP) is 3.46. The van der Waals surface area contributed by atoms with Crippen molar-refractivity contribution in [2.24, 2.45) is 5.92 Å². The average molecular weight is 270 g/mol. The van der Waals surface area contributed by atoms with E-state index in [9.17, 15) is 0 Å². The SMILES string of the molecule is Cc1ccc(OCCC2CC2)c(CBr)n1. The van der Waals surface area contributed by atoms with Crippen molar-refractivity contribution in [2.75, 3.05) is 6.61 Å². The van der Waals surface area contributed by atoms with Gasteiger partial charge in [0.15, 0.2) is 0 Å². The van der Waals surface area contributed by atoms with E-state index < -0.39 is 0 Å². The average Bonchev–Trinajstić information content (AvgIpc) is 3.04. The Labute approximate surface area is 99.2 Å². The summed E-state index contributed by atoms with van der Waals surface area (Å²) in [6.45, 7) is 2.83. The molecule has 0 unspecified atom stereocenters. The molecule has 15 heavy (non-hydrogen) atoms. The fraction of sp³-hybridized carbons (Fsp3) is 0.583. The number of halogens is 1. The number of ether oxygens (including phenoxy) is 1. The van der Waals surface area contributed by atoms with Gasteiger partial charge < -0.3 is 4.74 Å². The normalized spacial score (nSPS) is 15.3. The van der Waals surface area contributed by atoms with Crippen LogP contribution >= 0.6 is 15.9 Å². The van der Waals surface area contributed by atoms with E-state index in [0.717, 1.165) is 35.0 Å². The molecule has 1 aromatic rings. The Bertz CT molecular complexity index is 336. The molecule has 1 aromatic heterocycles. The Morgan fingerprint density at radius 2 is 2.27 bits per heavy atom. The van der Waals surface area contributed by atoms with Crippen molar-refractivity contribution >= 4 is 15.9 Å². The highest BCUT2D eigenvalue weighted by Gasteiger charge is 2.20. The molecular weight excluding hydrogens is 254 g/mol. The summed E-state index contributed by atoms with van der Waals surface area (Å²) in [4.78, 5) is 4.43. The zero-order chi connectivity index (χ0) is 10.7. The van der Waals surface area contributed by atoms with Crippen molar-refractivity contribution in [2.45, 2.75) is 31.5 Å². The van der Waals surface area contributed by atoms with E-state index in [2.05, 4.69) is 20.9 Å². The van der Waals surface area contributed by atoms with Gasteiger partial charge in [0, 0.05) is 11.0 Å². The van der Waals surface area contributed by atoms with E-state index >= 15 is 0 Å². The molecule has 3 heteroatoms. The van der Waals surface area contributed by atoms with Crippen LogP contribution in [0, 0.1) is 12.8 Å². The van der Waals surface area contributed by atoms with E-state index in [0.29, 0.717) is 0 Å². The molecule has 0 spiro atoms. The van der Waals surface area contributed by atoms with Gasteiger partial charge in [0.1, 0.15) is 5.75 Å². The molecule has 1 aliphatic carbocycles. The van der Waals surface area contributed by atoms with Crippen LogP contribution in [0.1, 0.15) is 30.7 Å². The van der Waals surface area contributed by atoms with Gasteiger partial charge in [0.25, 0.3) is 0 Å². The third-order valence-electron chi connectivity index (χ3n) is 2.68. The van der Waals surface area contributed by atoms with Gasteiger partial charge in [-0.1, -0.05) is 28.8 Å². The third-order valence-corrected chi connectivity index (χ3v) is 3.21. The summed E-state index contributed by atoms with van der Waals surface area (Å²) in [5, 5.41) is 0.757. The summed E-state index contributed by atoms with van der Waals surface area (Å²) in [6, 6.07) is 4.02. The maximum atomic E-state index is 5.74. The molecule has 2 rings (SSSR count). The third kappa shape index (κ3) is 3.20. The number of nitrogens with zero attached hydrogens (tertiary/aromatic N) is 1. The van der Waals surface area contributed by atoms with Crippen molar-refractivity contribution in [3.05, 3.63) is 23.5 Å². The first-order valence-electron chi connectivity index (χ1n) is 5.45. The Morgan fingerprint density at radius 3 is 2.93 bits per heavy atom. The lowest BCUT2D eigenvalue weighted by atomic mass is 10.3. The van der Waals surface area contributed by atoms with Gasteiger partial charge in [0.05, 0.1) is 12.3 Å². The van der Waals surface area contributed by atoms with E-state index in [1.807, 2.05) is 19.1 Å². The fourth-order valence-electron chi connectivity index (χ4n) is 1.57. The Hall–Kier alpha value is -0.570. The molecule has 0 aliphatic heterocycles. The molecule has 0 bridgehead atoms. The minimum atomic E-state index is 0.757. The summed E-state index contributed by atoms with van der Waals surface area (Å²) in [7, 11) is 0. The number of aromatic nitrogens is 1. The number of alkyl halides is 1. The van der Waals surface area contributed by atoms with Crippen molar-refractivity contribution in [3.63, 3.8) is 0 Å². The number of hydrogen-bond donors (Lipinski definition) is 0. The maximum absolute atomic E-state index is 5.74. The molecule has 0 aromatic carbocycles. The van der Waals surface area contributed by atoms with Gasteiger partial charge in [-0.05, 0) is 31.4 Å². The van der Waals surface area contributed by atoms with Crippen molar-refractivity contribution in [3.8, 4) is 5.75 Å². The van der Waals surface area contributed by atoms with E-state index in [1.54, 1.807) is 0 Å². The fourth-order valence-corrected chi connectivity index (χ4v) is 1.97. The highest BCUT2D eigenvalue weighted by atomic mass is 79.9. The van der Waals surface area contributed by atoms with Crippen molar-refractivity contribution < 1.29 is 4.74 Å². The molecular formula is C12H16BrNO. The first kappa shape index (κ1) is 10.9. The quantitative estimate of drug-likeness (QED) is 0.764. The summed E-state index contributed by atoms with van der Waals surface area (Å²) in [5.74, 6) is 1.86. The molecule has 82 valence electrons. The second-order valence-corrected chi connectivity index (χ2v) is 4.67. The Morgan fingerprint density at radius 1 is 1.47 bits per heavy atom. The molecule has 0 amide bonds. The summed E-state index contributed by atoms with van der Waals surface area (Å²) >= 11 is 3.43. The highest BCUT2D eigenvalue weighted by Crippen LogP contribution is 2.32. The van der Waals surface area contributed by atoms with Crippen LogP contribution in [0.25, 0.3) is 0 Å². The van der Waals surface area contributed by atoms with E-state index in [4.69, 9.17) is 4.74 Å². The number of aryl methyl sites for hydroxylation is 1. The molecule has 0 radical (unpaired) electrons. The molecule has 1 fully saturated rings. The van der Waals surface area contributed by atoms with Crippen molar-refractivity contribution in [1.29, 1.82) is 0 Å². The number of hydrogen-bond acceptors (Lipinski definition) is 2. The molecule has 0 atom stereocenters. The lowest BCUT2D eigenvalue weighted by Crippen LogP contribution is -2.02. The maximum Gasteiger partial charge on any atom is 0.141 e. The number of pyridine rings is 1. The van der Waals surface area contributed by atoms with Crippen molar-refractivity contribution in [1.82, 2.24) is 4.98 Å². The zero-order valence-electron chi connectivity index (χ0n) is 9.00. The van der Waals surface area contributed by atoms with Crippen LogP contribution in [0.2, 0.25) is 0 Å². The van der Waals surface area contributed by atoms with Crippen LogP contribution in [-0.2, 0) is 5.33 Å². The van der Waals surface area contributed by atoms with E-state index in [-0.39, 0.29) is 0 Å². The smallest absolute Gasteiger partial charge is 0.141 e. The van der Waals surface area contributed by atoms with Gasteiger partial charge in [-0.25, -0.2) is 0 Å². The molecule has 0 saturated heterocycles. The van der Waals surface area contributed by atoms with Gasteiger partial charge >= 0.3 is 0 Å². The monoisotopic (exact) mass is 269 g/mol. The van der Waals surface area contributed by atoms with Crippen LogP contribution in [0.5, 0.6) is 5.75 Å². The molecule has 1 heterocycles. The standard InChI is InChI=1S/C12H16BrNO/c1-9-2-5-12(11(8-13)14-9)15-7-6-10-3-4-10/h2,5,10H,3-4,6-8H2,1H3. The van der Waals surface area contributed by atoms with Crippen LogP contribution in [0.3, 0.4) is 0 Å². The summed E-state index contributed by atoms with van der Waals surface area (Å²) in [6.07, 6.45) is 3.97. The molecule has 1 saturated carbocycles. The first-order chi connectivity index (χ1) is 7.29. The van der Waals surface area contributed by atoms with Gasteiger partial charge in [0.2, 0.25) is 0 Å². The zero-order valence-corrected chi connectivity index (χ0v) is 10.6. The van der Waals surface area contributed by atoms with Crippen LogP contribution < -0.4 is 4.74 Å². The minimum absolute atomic E-state index is 0.757. The van der Waals surface area contributed by atoms with Crippen LogP contribution in [0.15, 0.2) is 12.1 Å². The predicted molar refractivity (Wildman–Crippen MR) is 64.4 cm³/mol. The Kier molecular flexibility index (Phi) is 3.62. The summed E-state index contributed by atoms with van der Waals surface area (Å²) < 4.78 is 5.74. The molecule has 1 aliphatic rings. The van der Waals surface area contributed by atoms with Crippen LogP contribution in [-0.4, -0.2) is 11.6 Å². The number of rotatable bonds is 5. The lowest BCUT2D eigenvalue weighted by Gasteiger charge is -2.09. The second-order valence-electron chi connectivity index (χ2n) is 4.11.